The highest BCUT2D eigenvalue weighted by Crippen LogP contribution is 2.39. The molecule has 0 aromatic heterocycles. The fraction of sp³-hybridized carbons (Fsp3) is 0.133. The number of para-hydroxylation sites is 2. The van der Waals surface area contributed by atoms with E-state index in [9.17, 15) is 9.90 Å². The van der Waals surface area contributed by atoms with Gasteiger partial charge in [-0.25, -0.2) is 0 Å². The zero-order valence-electron chi connectivity index (χ0n) is 10.4. The Morgan fingerprint density at radius 1 is 1.11 bits per heavy atom. The van der Waals surface area contributed by atoms with E-state index in [4.69, 9.17) is 4.74 Å². The number of aliphatic hydroxyl groups excluding tert-OH is 1. The van der Waals surface area contributed by atoms with Gasteiger partial charge < -0.3 is 9.84 Å². The second-order valence-electron chi connectivity index (χ2n) is 4.31. The monoisotopic (exact) mass is 255 g/mol. The van der Waals surface area contributed by atoms with Gasteiger partial charge in [0.05, 0.1) is 12.8 Å². The van der Waals surface area contributed by atoms with Gasteiger partial charge in [-0.05, 0) is 18.2 Å². The predicted octanol–water partition coefficient (Wildman–Crippen LogP) is 2.35. The van der Waals surface area contributed by atoms with Crippen LogP contribution in [0.25, 0.3) is 0 Å². The van der Waals surface area contributed by atoms with Gasteiger partial charge in [0.15, 0.2) is 6.23 Å². The van der Waals surface area contributed by atoms with Gasteiger partial charge in [0.1, 0.15) is 5.75 Å². The van der Waals surface area contributed by atoms with Gasteiger partial charge >= 0.3 is 0 Å². The van der Waals surface area contributed by atoms with Gasteiger partial charge in [0.2, 0.25) is 0 Å². The van der Waals surface area contributed by atoms with Crippen LogP contribution in [0.3, 0.4) is 0 Å². The van der Waals surface area contributed by atoms with Crippen LogP contribution in [-0.4, -0.2) is 18.1 Å². The number of ether oxygens (including phenoxy) is 1. The molecule has 1 heterocycles. The number of nitrogens with zero attached hydrogens (tertiary/aromatic N) is 1. The molecular formula is C15H13NO3. The smallest absolute Gasteiger partial charge is 0.261 e. The van der Waals surface area contributed by atoms with Crippen LogP contribution >= 0.6 is 0 Å². The molecule has 0 saturated carbocycles. The molecule has 0 saturated heterocycles. The van der Waals surface area contributed by atoms with Crippen LogP contribution in [0.15, 0.2) is 48.5 Å². The van der Waals surface area contributed by atoms with Gasteiger partial charge in [-0.3, -0.25) is 9.69 Å². The van der Waals surface area contributed by atoms with E-state index in [0.29, 0.717) is 22.6 Å². The number of benzene rings is 2. The summed E-state index contributed by atoms with van der Waals surface area (Å²) in [5.41, 5.74) is 1.72. The third kappa shape index (κ3) is 1.69. The first kappa shape index (κ1) is 11.7. The van der Waals surface area contributed by atoms with Crippen LogP contribution < -0.4 is 9.64 Å². The van der Waals surface area contributed by atoms with Crippen LogP contribution in [0.4, 0.5) is 5.69 Å². The summed E-state index contributed by atoms with van der Waals surface area (Å²) in [6.07, 6.45) is -0.972. The first-order chi connectivity index (χ1) is 9.24. The molecule has 1 aliphatic heterocycles. The number of methoxy groups -OCH3 is 1. The highest BCUT2D eigenvalue weighted by molar-refractivity contribution is 6.11. The standard InChI is InChI=1S/C15H13NO3/c1-19-13-9-5-4-8-12(13)16-14(17)10-6-2-3-7-11(10)15(16)18/h2-9,14,17H,1H3. The second kappa shape index (κ2) is 4.40. The maximum atomic E-state index is 12.4. The molecule has 0 fully saturated rings. The zero-order chi connectivity index (χ0) is 13.4. The molecule has 4 heteroatoms. The fourth-order valence-corrected chi connectivity index (χ4v) is 2.37. The fourth-order valence-electron chi connectivity index (χ4n) is 2.37. The molecule has 2 aromatic rings. The lowest BCUT2D eigenvalue weighted by atomic mass is 10.1. The Morgan fingerprint density at radius 2 is 1.79 bits per heavy atom. The normalized spacial score (nSPS) is 17.5. The topological polar surface area (TPSA) is 49.8 Å². The molecule has 1 atom stereocenters. The molecule has 96 valence electrons. The van der Waals surface area contributed by atoms with E-state index >= 15 is 0 Å². The minimum absolute atomic E-state index is 0.215. The van der Waals surface area contributed by atoms with Gasteiger partial charge in [0.25, 0.3) is 5.91 Å². The summed E-state index contributed by atoms with van der Waals surface area (Å²) in [7, 11) is 1.54. The molecule has 0 radical (unpaired) electrons. The maximum absolute atomic E-state index is 12.4. The Labute approximate surface area is 110 Å². The first-order valence-electron chi connectivity index (χ1n) is 5.97. The summed E-state index contributed by atoms with van der Waals surface area (Å²) < 4.78 is 5.25. The van der Waals surface area contributed by atoms with Gasteiger partial charge in [-0.2, -0.15) is 0 Å². The van der Waals surface area contributed by atoms with E-state index in [-0.39, 0.29) is 5.91 Å². The first-order valence-corrected chi connectivity index (χ1v) is 5.97. The average molecular weight is 255 g/mol. The van der Waals surface area contributed by atoms with Crippen LogP contribution in [0, 0.1) is 0 Å². The van der Waals surface area contributed by atoms with Crippen LogP contribution in [0.5, 0.6) is 5.75 Å². The molecule has 0 spiro atoms. The molecule has 0 aliphatic carbocycles. The van der Waals surface area contributed by atoms with E-state index in [1.807, 2.05) is 6.07 Å². The third-order valence-electron chi connectivity index (χ3n) is 3.28. The summed E-state index contributed by atoms with van der Waals surface area (Å²) in [4.78, 5) is 13.7. The predicted molar refractivity (Wildman–Crippen MR) is 71.2 cm³/mol. The van der Waals surface area contributed by atoms with Crippen molar-refractivity contribution in [1.29, 1.82) is 0 Å². The van der Waals surface area contributed by atoms with E-state index in [0.717, 1.165) is 0 Å². The molecule has 1 aliphatic rings. The van der Waals surface area contributed by atoms with Crippen molar-refractivity contribution in [2.24, 2.45) is 0 Å². The lowest BCUT2D eigenvalue weighted by molar-refractivity contribution is 0.0934. The molecule has 3 rings (SSSR count). The Kier molecular flexibility index (Phi) is 2.72. The number of amides is 1. The molecule has 1 N–H and O–H groups in total. The second-order valence-corrected chi connectivity index (χ2v) is 4.31. The number of carbonyl (C=O) groups is 1. The van der Waals surface area contributed by atoms with Crippen molar-refractivity contribution in [2.75, 3.05) is 12.0 Å². The van der Waals surface area contributed by atoms with Crippen molar-refractivity contribution < 1.29 is 14.6 Å². The van der Waals surface area contributed by atoms with E-state index in [2.05, 4.69) is 0 Å². The van der Waals surface area contributed by atoms with Crippen LogP contribution in [0.2, 0.25) is 0 Å². The van der Waals surface area contributed by atoms with Crippen molar-refractivity contribution >= 4 is 11.6 Å². The molecule has 1 unspecified atom stereocenters. The summed E-state index contributed by atoms with van der Waals surface area (Å²) >= 11 is 0. The number of aliphatic hydroxyl groups is 1. The number of fused-ring (bicyclic) bond motifs is 1. The number of rotatable bonds is 2. The van der Waals surface area contributed by atoms with Crippen molar-refractivity contribution in [3.63, 3.8) is 0 Å². The summed E-state index contributed by atoms with van der Waals surface area (Å²) in [5, 5.41) is 10.3. The average Bonchev–Trinajstić information content (AvgIpc) is 2.71. The molecule has 4 nitrogen and oxygen atoms in total. The summed E-state index contributed by atoms with van der Waals surface area (Å²) in [5.74, 6) is 0.343. The molecule has 19 heavy (non-hydrogen) atoms. The number of hydrogen-bond donors (Lipinski definition) is 1. The number of carbonyl (C=O) groups excluding carboxylic acids is 1. The van der Waals surface area contributed by atoms with Gasteiger partial charge in [-0.15, -0.1) is 0 Å². The molecule has 1 amide bonds. The Morgan fingerprint density at radius 3 is 2.53 bits per heavy atom. The minimum atomic E-state index is -0.972. The SMILES string of the molecule is COc1ccccc1N1C(=O)c2ccccc2C1O. The highest BCUT2D eigenvalue weighted by atomic mass is 16.5. The van der Waals surface area contributed by atoms with Crippen molar-refractivity contribution in [2.45, 2.75) is 6.23 Å². The molecular weight excluding hydrogens is 242 g/mol. The summed E-state index contributed by atoms with van der Waals surface area (Å²) in [6, 6.07) is 14.2. The van der Waals surface area contributed by atoms with Gasteiger partial charge in [0, 0.05) is 11.1 Å². The van der Waals surface area contributed by atoms with E-state index in [1.54, 1.807) is 49.6 Å². The number of hydrogen-bond acceptors (Lipinski definition) is 3. The Bertz CT molecular complexity index is 639. The highest BCUT2D eigenvalue weighted by Gasteiger charge is 2.37. The lowest BCUT2D eigenvalue weighted by Gasteiger charge is -2.22. The van der Waals surface area contributed by atoms with Crippen LogP contribution in [0.1, 0.15) is 22.1 Å². The number of anilines is 1. The van der Waals surface area contributed by atoms with E-state index < -0.39 is 6.23 Å². The Balaban J connectivity index is 2.11. The maximum Gasteiger partial charge on any atom is 0.261 e. The lowest BCUT2D eigenvalue weighted by Crippen LogP contribution is -2.27. The van der Waals surface area contributed by atoms with Gasteiger partial charge in [-0.1, -0.05) is 30.3 Å². The Hall–Kier alpha value is -2.33. The molecule has 0 bridgehead atoms. The molecule has 2 aromatic carbocycles. The summed E-state index contributed by atoms with van der Waals surface area (Å²) in [6.45, 7) is 0. The van der Waals surface area contributed by atoms with Crippen molar-refractivity contribution in [3.8, 4) is 5.75 Å². The van der Waals surface area contributed by atoms with Crippen molar-refractivity contribution in [3.05, 3.63) is 59.7 Å². The van der Waals surface area contributed by atoms with E-state index in [1.165, 1.54) is 4.90 Å². The van der Waals surface area contributed by atoms with Crippen LogP contribution in [-0.2, 0) is 0 Å². The zero-order valence-corrected chi connectivity index (χ0v) is 10.4. The third-order valence-corrected chi connectivity index (χ3v) is 3.28. The largest absolute Gasteiger partial charge is 0.495 e. The quantitative estimate of drug-likeness (QED) is 0.896. The van der Waals surface area contributed by atoms with Crippen molar-refractivity contribution in [1.82, 2.24) is 0 Å². The minimum Gasteiger partial charge on any atom is -0.495 e.